The molecule has 7 heteroatoms. The highest BCUT2D eigenvalue weighted by molar-refractivity contribution is 6.04. The second kappa shape index (κ2) is 6.32. The molecule has 2 heterocycles. The third-order valence-electron chi connectivity index (χ3n) is 6.54. The molecule has 1 saturated carbocycles. The molecule has 2 aliphatic rings. The first-order chi connectivity index (χ1) is 14.4. The Labute approximate surface area is 173 Å². The van der Waals surface area contributed by atoms with Gasteiger partial charge < -0.3 is 20.0 Å². The van der Waals surface area contributed by atoms with Crippen molar-refractivity contribution in [3.05, 3.63) is 73.4 Å². The highest BCUT2D eigenvalue weighted by Gasteiger charge is 2.57. The summed E-state index contributed by atoms with van der Waals surface area (Å²) in [7, 11) is 1.74. The van der Waals surface area contributed by atoms with E-state index in [1.54, 1.807) is 18.0 Å². The van der Waals surface area contributed by atoms with Gasteiger partial charge in [-0.3, -0.25) is 14.4 Å². The lowest BCUT2D eigenvalue weighted by Gasteiger charge is -2.18. The van der Waals surface area contributed by atoms with Crippen molar-refractivity contribution in [1.82, 2.24) is 4.90 Å². The molecule has 2 atom stereocenters. The predicted octanol–water partition coefficient (Wildman–Crippen LogP) is 3.05. The second-order valence-electron chi connectivity index (χ2n) is 8.36. The zero-order valence-corrected chi connectivity index (χ0v) is 17.2. The minimum absolute atomic E-state index is 0.0196. The van der Waals surface area contributed by atoms with Crippen molar-refractivity contribution in [2.45, 2.75) is 44.7 Å². The number of aryl methyl sites for hydroxylation is 1. The first-order valence-electron chi connectivity index (χ1n) is 10.2. The van der Waals surface area contributed by atoms with Crippen LogP contribution in [0.15, 0.2) is 44.3 Å². The Kier molecular flexibility index (Phi) is 3.93. The molecule has 5 rings (SSSR count). The summed E-state index contributed by atoms with van der Waals surface area (Å²) in [6.45, 7) is 4.54. The van der Waals surface area contributed by atoms with Crippen molar-refractivity contribution in [2.24, 2.45) is 0 Å². The summed E-state index contributed by atoms with van der Waals surface area (Å²) in [6.07, 6.45) is 1.70. The maximum atomic E-state index is 12.5. The Morgan fingerprint density at radius 3 is 2.60 bits per heavy atom. The van der Waals surface area contributed by atoms with E-state index >= 15 is 0 Å². The van der Waals surface area contributed by atoms with Crippen LogP contribution in [-0.2, 0) is 12.0 Å². The van der Waals surface area contributed by atoms with Crippen molar-refractivity contribution < 1.29 is 9.21 Å². The highest BCUT2D eigenvalue weighted by Crippen LogP contribution is 2.53. The van der Waals surface area contributed by atoms with Gasteiger partial charge in [0.25, 0.3) is 16.8 Å². The molecule has 1 fully saturated rings. The van der Waals surface area contributed by atoms with Crippen LogP contribution in [0, 0.1) is 6.92 Å². The first kappa shape index (κ1) is 18.7. The zero-order valence-electron chi connectivity index (χ0n) is 17.2. The molecule has 1 unspecified atom stereocenters. The van der Waals surface area contributed by atoms with Crippen LogP contribution in [0.1, 0.15) is 47.2 Å². The van der Waals surface area contributed by atoms with Crippen molar-refractivity contribution in [2.75, 3.05) is 17.7 Å². The molecule has 0 radical (unpaired) electrons. The van der Waals surface area contributed by atoms with Gasteiger partial charge in [-0.2, -0.15) is 0 Å². The van der Waals surface area contributed by atoms with Crippen LogP contribution in [0.4, 0.5) is 17.1 Å². The van der Waals surface area contributed by atoms with Gasteiger partial charge in [0.1, 0.15) is 22.9 Å². The van der Waals surface area contributed by atoms with Gasteiger partial charge in [-0.1, -0.05) is 19.1 Å². The second-order valence-corrected chi connectivity index (χ2v) is 8.36. The molecule has 1 aliphatic carbocycles. The number of nitrogens with one attached hydrogen (secondary N) is 2. The van der Waals surface area contributed by atoms with Crippen molar-refractivity contribution in [3.63, 3.8) is 0 Å². The van der Waals surface area contributed by atoms with E-state index in [4.69, 9.17) is 4.42 Å². The summed E-state index contributed by atoms with van der Waals surface area (Å²) in [5, 5.41) is 6.33. The third-order valence-corrected chi connectivity index (χ3v) is 6.54. The monoisotopic (exact) mass is 405 g/mol. The Balaban J connectivity index is 1.42. The van der Waals surface area contributed by atoms with Gasteiger partial charge in [0, 0.05) is 19.6 Å². The molecule has 154 valence electrons. The summed E-state index contributed by atoms with van der Waals surface area (Å²) in [4.78, 5) is 38.7. The number of anilines is 3. The number of amides is 1. The van der Waals surface area contributed by atoms with E-state index in [1.807, 2.05) is 31.2 Å². The van der Waals surface area contributed by atoms with E-state index in [-0.39, 0.29) is 23.1 Å². The number of nitrogens with zero attached hydrogens (tertiary/aromatic N) is 1. The lowest BCUT2D eigenvalue weighted by Crippen LogP contribution is -2.38. The molecule has 2 N–H and O–H groups in total. The summed E-state index contributed by atoms with van der Waals surface area (Å²) in [5.74, 6) is 1.66. The molecule has 0 saturated heterocycles. The Hall–Kier alpha value is -3.35. The number of benzene rings is 1. The SMILES string of the molecule is CC[C@@]1(c2ccc(C)o2)CC1Nc1c(Nc2cccc3c2C(=O)N(C)C3)c(=O)c1=O. The standard InChI is InChI=1S/C23H23N3O4/c1-4-23(16-9-8-12(2)30-16)10-15(23)25-19-18(20(27)21(19)28)24-14-7-5-6-13-11-26(3)22(29)17(13)14/h5-9,15,24-25H,4,10-11H2,1-3H3/t15?,23-/m1/s1. The molecule has 1 aromatic heterocycles. The number of carbonyl (C=O) groups excluding carboxylic acids is 1. The summed E-state index contributed by atoms with van der Waals surface area (Å²) >= 11 is 0. The number of fused-ring (bicyclic) bond motifs is 1. The molecule has 0 bridgehead atoms. The number of hydrogen-bond acceptors (Lipinski definition) is 6. The minimum Gasteiger partial charge on any atom is -0.466 e. The van der Waals surface area contributed by atoms with E-state index in [2.05, 4.69) is 17.6 Å². The van der Waals surface area contributed by atoms with Crippen LogP contribution in [0.5, 0.6) is 0 Å². The topological polar surface area (TPSA) is 91.7 Å². The van der Waals surface area contributed by atoms with E-state index < -0.39 is 10.9 Å². The molecule has 2 aromatic carbocycles. The number of rotatable bonds is 6. The fourth-order valence-electron chi connectivity index (χ4n) is 4.60. The summed E-state index contributed by atoms with van der Waals surface area (Å²) < 4.78 is 5.84. The normalized spacial score (nSPS) is 22.4. The Bertz CT molecular complexity index is 1250. The summed E-state index contributed by atoms with van der Waals surface area (Å²) in [5.41, 5.74) is 1.27. The lowest BCUT2D eigenvalue weighted by molar-refractivity contribution is 0.0817. The molecular weight excluding hydrogens is 382 g/mol. The van der Waals surface area contributed by atoms with Gasteiger partial charge in [-0.25, -0.2) is 0 Å². The maximum Gasteiger partial charge on any atom is 0.256 e. The van der Waals surface area contributed by atoms with Gasteiger partial charge in [0.05, 0.1) is 16.7 Å². The largest absolute Gasteiger partial charge is 0.466 e. The van der Waals surface area contributed by atoms with Gasteiger partial charge >= 0.3 is 0 Å². The summed E-state index contributed by atoms with van der Waals surface area (Å²) in [6, 6.07) is 9.44. The van der Waals surface area contributed by atoms with Crippen LogP contribution >= 0.6 is 0 Å². The maximum absolute atomic E-state index is 12.5. The first-order valence-corrected chi connectivity index (χ1v) is 10.2. The number of furan rings is 1. The molecular formula is C23H23N3O4. The highest BCUT2D eigenvalue weighted by atomic mass is 16.3. The van der Waals surface area contributed by atoms with E-state index in [9.17, 15) is 14.4 Å². The van der Waals surface area contributed by atoms with Crippen molar-refractivity contribution >= 4 is 23.0 Å². The fraction of sp³-hybridized carbons (Fsp3) is 0.348. The van der Waals surface area contributed by atoms with E-state index in [0.717, 1.165) is 29.9 Å². The van der Waals surface area contributed by atoms with Gasteiger partial charge in [-0.15, -0.1) is 0 Å². The van der Waals surface area contributed by atoms with Crippen LogP contribution in [0.3, 0.4) is 0 Å². The van der Waals surface area contributed by atoms with Gasteiger partial charge in [-0.05, 0) is 43.5 Å². The average Bonchev–Trinajstić information content (AvgIpc) is 3.15. The molecule has 1 amide bonds. The third kappa shape index (κ3) is 2.54. The smallest absolute Gasteiger partial charge is 0.256 e. The molecule has 30 heavy (non-hydrogen) atoms. The fourth-order valence-corrected chi connectivity index (χ4v) is 4.60. The quantitative estimate of drug-likeness (QED) is 0.613. The molecule has 1 aliphatic heterocycles. The van der Waals surface area contributed by atoms with Crippen LogP contribution in [-0.4, -0.2) is 23.9 Å². The van der Waals surface area contributed by atoms with Crippen LogP contribution < -0.4 is 21.5 Å². The Morgan fingerprint density at radius 1 is 1.13 bits per heavy atom. The molecule has 7 nitrogen and oxygen atoms in total. The van der Waals surface area contributed by atoms with Gasteiger partial charge in [0.15, 0.2) is 0 Å². The predicted molar refractivity (Wildman–Crippen MR) is 114 cm³/mol. The zero-order chi connectivity index (χ0) is 21.2. The van der Waals surface area contributed by atoms with Crippen molar-refractivity contribution in [3.8, 4) is 0 Å². The lowest BCUT2D eigenvalue weighted by atomic mass is 9.99. The van der Waals surface area contributed by atoms with Crippen LogP contribution in [0.25, 0.3) is 0 Å². The van der Waals surface area contributed by atoms with Crippen molar-refractivity contribution in [1.29, 1.82) is 0 Å². The molecule has 3 aromatic rings. The van der Waals surface area contributed by atoms with Gasteiger partial charge in [0.2, 0.25) is 0 Å². The van der Waals surface area contributed by atoms with Crippen LogP contribution in [0.2, 0.25) is 0 Å². The number of carbonyl (C=O) groups is 1. The van der Waals surface area contributed by atoms with E-state index in [0.29, 0.717) is 23.5 Å². The minimum atomic E-state index is -0.564. The molecule has 0 spiro atoms. The average molecular weight is 405 g/mol. The number of hydrogen-bond donors (Lipinski definition) is 2. The van der Waals surface area contributed by atoms with E-state index in [1.165, 1.54) is 0 Å². The Morgan fingerprint density at radius 2 is 1.90 bits per heavy atom.